The fourth-order valence-corrected chi connectivity index (χ4v) is 3.60. The first-order chi connectivity index (χ1) is 14.9. The highest BCUT2D eigenvalue weighted by molar-refractivity contribution is 7.99. The molecule has 1 fully saturated rings. The topological polar surface area (TPSA) is 127 Å². The summed E-state index contributed by atoms with van der Waals surface area (Å²) >= 11 is 1.09. The van der Waals surface area contributed by atoms with Crippen molar-refractivity contribution in [2.75, 3.05) is 24.7 Å². The van der Waals surface area contributed by atoms with Crippen molar-refractivity contribution in [3.63, 3.8) is 0 Å². The van der Waals surface area contributed by atoms with Gasteiger partial charge in [-0.05, 0) is 31.2 Å². The van der Waals surface area contributed by atoms with Crippen LogP contribution < -0.4 is 15.4 Å². The van der Waals surface area contributed by atoms with Crippen molar-refractivity contribution in [2.24, 2.45) is 5.92 Å². The molecule has 164 valence electrons. The van der Waals surface area contributed by atoms with Crippen LogP contribution in [0.2, 0.25) is 0 Å². The molecule has 0 saturated carbocycles. The molecule has 2 heterocycles. The highest BCUT2D eigenvalue weighted by Gasteiger charge is 2.39. The molecule has 1 aliphatic heterocycles. The van der Waals surface area contributed by atoms with Gasteiger partial charge in [-0.25, -0.2) is 4.79 Å². The number of hydrogen-bond donors (Lipinski definition) is 2. The quantitative estimate of drug-likeness (QED) is 0.444. The van der Waals surface area contributed by atoms with Crippen LogP contribution >= 0.6 is 11.8 Å². The second-order valence-electron chi connectivity index (χ2n) is 6.81. The molecule has 0 spiro atoms. The van der Waals surface area contributed by atoms with Crippen LogP contribution in [0.4, 0.5) is 10.5 Å². The molecule has 0 bridgehead atoms. The molecule has 2 aromatic rings. The van der Waals surface area contributed by atoms with E-state index in [-0.39, 0.29) is 47.7 Å². The Balaban J connectivity index is 1.53. The van der Waals surface area contributed by atoms with Crippen molar-refractivity contribution in [1.29, 1.82) is 0 Å². The number of carbonyl (C=O) groups excluding carboxylic acids is 3. The third kappa shape index (κ3) is 5.63. The fraction of sp³-hybridized carbons (Fsp3) is 0.350. The summed E-state index contributed by atoms with van der Waals surface area (Å²) in [6.07, 6.45) is 1.67. The van der Waals surface area contributed by atoms with E-state index in [4.69, 9.17) is 9.15 Å². The fourth-order valence-electron chi connectivity index (χ4n) is 3.02. The van der Waals surface area contributed by atoms with E-state index in [1.165, 1.54) is 6.08 Å². The zero-order chi connectivity index (χ0) is 22.4. The summed E-state index contributed by atoms with van der Waals surface area (Å²) in [6.45, 7) is 5.45. The number of hydrogen-bond acceptors (Lipinski definition) is 8. The van der Waals surface area contributed by atoms with Gasteiger partial charge in [-0.1, -0.05) is 17.8 Å². The average Bonchev–Trinajstić information content (AvgIpc) is 3.21. The van der Waals surface area contributed by atoms with Crippen molar-refractivity contribution in [3.8, 4) is 5.75 Å². The number of aromatic nitrogens is 2. The third-order valence-electron chi connectivity index (χ3n) is 4.64. The van der Waals surface area contributed by atoms with Crippen LogP contribution in [0.15, 0.2) is 46.6 Å². The summed E-state index contributed by atoms with van der Waals surface area (Å²) in [6, 6.07) is 6.15. The maximum absolute atomic E-state index is 12.6. The van der Waals surface area contributed by atoms with Gasteiger partial charge in [0.25, 0.3) is 5.22 Å². The van der Waals surface area contributed by atoms with Crippen LogP contribution in [0, 0.1) is 5.92 Å². The summed E-state index contributed by atoms with van der Waals surface area (Å²) in [5.41, 5.74) is 0.647. The van der Waals surface area contributed by atoms with Gasteiger partial charge in [-0.2, -0.15) is 0 Å². The van der Waals surface area contributed by atoms with Gasteiger partial charge in [0.2, 0.25) is 17.7 Å². The maximum atomic E-state index is 12.6. The van der Waals surface area contributed by atoms with E-state index in [0.29, 0.717) is 11.4 Å². The Morgan fingerprint density at radius 2 is 2.10 bits per heavy atom. The van der Waals surface area contributed by atoms with E-state index in [1.807, 2.05) is 0 Å². The van der Waals surface area contributed by atoms with Crippen molar-refractivity contribution >= 4 is 35.3 Å². The van der Waals surface area contributed by atoms with Crippen LogP contribution in [-0.2, 0) is 16.0 Å². The molecule has 4 amide bonds. The first kappa shape index (κ1) is 22.3. The van der Waals surface area contributed by atoms with E-state index in [1.54, 1.807) is 38.3 Å². The van der Waals surface area contributed by atoms with E-state index in [2.05, 4.69) is 27.4 Å². The van der Waals surface area contributed by atoms with Gasteiger partial charge >= 0.3 is 6.03 Å². The zero-order valence-corrected chi connectivity index (χ0v) is 18.0. The van der Waals surface area contributed by atoms with Crippen molar-refractivity contribution in [1.82, 2.24) is 20.4 Å². The van der Waals surface area contributed by atoms with Crippen molar-refractivity contribution in [3.05, 3.63) is 42.8 Å². The lowest BCUT2D eigenvalue weighted by Crippen LogP contribution is -2.59. The lowest BCUT2D eigenvalue weighted by Gasteiger charge is -2.34. The lowest BCUT2D eigenvalue weighted by molar-refractivity contribution is -0.134. The van der Waals surface area contributed by atoms with Gasteiger partial charge in [-0.15, -0.1) is 16.8 Å². The van der Waals surface area contributed by atoms with E-state index < -0.39 is 11.9 Å². The molecular formula is C20H23N5O5S. The summed E-state index contributed by atoms with van der Waals surface area (Å²) in [5.74, 6) is -0.0394. The van der Waals surface area contributed by atoms with Gasteiger partial charge in [-0.3, -0.25) is 14.5 Å². The molecule has 1 saturated heterocycles. The zero-order valence-electron chi connectivity index (χ0n) is 17.2. The Labute approximate surface area is 183 Å². The predicted octanol–water partition coefficient (Wildman–Crippen LogP) is 2.09. The highest BCUT2D eigenvalue weighted by Crippen LogP contribution is 2.23. The molecule has 2 N–H and O–H groups in total. The van der Waals surface area contributed by atoms with E-state index >= 15 is 0 Å². The molecule has 0 aliphatic carbocycles. The molecule has 3 rings (SSSR count). The molecule has 31 heavy (non-hydrogen) atoms. The molecule has 1 aliphatic rings. The number of benzene rings is 1. The van der Waals surface area contributed by atoms with Crippen LogP contribution in [0.1, 0.15) is 12.8 Å². The number of nitrogens with one attached hydrogen (secondary N) is 2. The summed E-state index contributed by atoms with van der Waals surface area (Å²) < 4.78 is 10.7. The standard InChI is InChI=1S/C20H23N5O5S/c1-4-9-25-18(27)15(12(2)21-19(25)28)10-17-23-24-20(30-17)31-11-16(26)22-13-5-7-14(29-3)8-6-13/h4-8,12,15H,1,9-11H2,2-3H3,(H,21,28)(H,22,26). The number of carbonyl (C=O) groups is 3. The molecule has 1 aromatic carbocycles. The number of ether oxygens (including phenoxy) is 1. The number of anilines is 1. The number of amides is 4. The Bertz CT molecular complexity index is 961. The van der Waals surface area contributed by atoms with Crippen LogP contribution in [0.3, 0.4) is 0 Å². The van der Waals surface area contributed by atoms with Crippen LogP contribution in [0.5, 0.6) is 5.75 Å². The van der Waals surface area contributed by atoms with Gasteiger partial charge in [0.15, 0.2) is 0 Å². The van der Waals surface area contributed by atoms with E-state index in [9.17, 15) is 14.4 Å². The van der Waals surface area contributed by atoms with Crippen molar-refractivity contribution in [2.45, 2.75) is 24.6 Å². The first-order valence-electron chi connectivity index (χ1n) is 9.53. The second-order valence-corrected chi connectivity index (χ2v) is 7.74. The largest absolute Gasteiger partial charge is 0.497 e. The minimum absolute atomic E-state index is 0.0790. The predicted molar refractivity (Wildman–Crippen MR) is 114 cm³/mol. The number of imide groups is 1. The Morgan fingerprint density at radius 3 is 2.77 bits per heavy atom. The number of nitrogens with zero attached hydrogens (tertiary/aromatic N) is 3. The summed E-state index contributed by atoms with van der Waals surface area (Å²) in [7, 11) is 1.57. The van der Waals surface area contributed by atoms with Crippen molar-refractivity contribution < 1.29 is 23.5 Å². The highest BCUT2D eigenvalue weighted by atomic mass is 32.2. The molecule has 1 aromatic heterocycles. The molecule has 2 atom stereocenters. The number of rotatable bonds is 9. The summed E-state index contributed by atoms with van der Waals surface area (Å²) in [5, 5.41) is 13.6. The molecule has 0 radical (unpaired) electrons. The van der Waals surface area contributed by atoms with Gasteiger partial charge < -0.3 is 19.8 Å². The monoisotopic (exact) mass is 445 g/mol. The Morgan fingerprint density at radius 1 is 1.35 bits per heavy atom. The van der Waals surface area contributed by atoms with Crippen LogP contribution in [-0.4, -0.2) is 58.4 Å². The SMILES string of the molecule is C=CCN1C(=O)NC(C)C(Cc2nnc(SCC(=O)Nc3ccc(OC)cc3)o2)C1=O. The maximum Gasteiger partial charge on any atom is 0.324 e. The average molecular weight is 446 g/mol. The minimum Gasteiger partial charge on any atom is -0.497 e. The molecule has 2 unspecified atom stereocenters. The first-order valence-corrected chi connectivity index (χ1v) is 10.5. The van der Waals surface area contributed by atoms with Crippen LogP contribution in [0.25, 0.3) is 0 Å². The third-order valence-corrected chi connectivity index (χ3v) is 5.46. The summed E-state index contributed by atoms with van der Waals surface area (Å²) in [4.78, 5) is 37.8. The van der Waals surface area contributed by atoms with Gasteiger partial charge in [0, 0.05) is 24.7 Å². The smallest absolute Gasteiger partial charge is 0.324 e. The Hall–Kier alpha value is -3.34. The number of urea groups is 1. The van der Waals surface area contributed by atoms with E-state index in [0.717, 1.165) is 16.7 Å². The minimum atomic E-state index is -0.533. The van der Waals surface area contributed by atoms with Gasteiger partial charge in [0.1, 0.15) is 5.75 Å². The lowest BCUT2D eigenvalue weighted by atomic mass is 9.93. The second kappa shape index (κ2) is 10.1. The molecular weight excluding hydrogens is 422 g/mol. The Kier molecular flexibility index (Phi) is 7.29. The normalized spacial score (nSPS) is 18.5. The molecule has 10 nitrogen and oxygen atoms in total. The molecule has 11 heteroatoms. The van der Waals surface area contributed by atoms with Gasteiger partial charge in [0.05, 0.1) is 18.8 Å². The number of methoxy groups -OCH3 is 1. The number of thioether (sulfide) groups is 1.